The summed E-state index contributed by atoms with van der Waals surface area (Å²) >= 11 is 0. The molecule has 0 unspecified atom stereocenters. The third-order valence-corrected chi connectivity index (χ3v) is 5.03. The smallest absolute Gasteiger partial charge is 0.271 e. The van der Waals surface area contributed by atoms with Crippen LogP contribution in [0.3, 0.4) is 0 Å². The molecule has 1 aliphatic heterocycles. The summed E-state index contributed by atoms with van der Waals surface area (Å²) < 4.78 is 5.94. The van der Waals surface area contributed by atoms with E-state index in [9.17, 15) is 4.79 Å². The van der Waals surface area contributed by atoms with Crippen LogP contribution >= 0.6 is 0 Å². The number of rotatable bonds is 3. The van der Waals surface area contributed by atoms with Gasteiger partial charge >= 0.3 is 0 Å². The quantitative estimate of drug-likeness (QED) is 0.587. The number of hydrogen-bond acceptors (Lipinski definition) is 5. The number of amides is 1. The Hall–Kier alpha value is -3.80. The number of carbonyl (C=O) groups excluding carboxylic acids is 1. The first-order chi connectivity index (χ1) is 14.3. The maximum atomic E-state index is 12.7. The van der Waals surface area contributed by atoms with Gasteiger partial charge in [-0.3, -0.25) is 14.8 Å². The van der Waals surface area contributed by atoms with Gasteiger partial charge in [-0.15, -0.1) is 0 Å². The highest BCUT2D eigenvalue weighted by atomic mass is 16.5. The summed E-state index contributed by atoms with van der Waals surface area (Å²) in [6, 6.07) is 17.3. The highest BCUT2D eigenvalue weighted by Crippen LogP contribution is 2.34. The van der Waals surface area contributed by atoms with Gasteiger partial charge in [0.15, 0.2) is 0 Å². The minimum absolute atomic E-state index is 0.147. The third kappa shape index (κ3) is 3.40. The normalized spacial score (nSPS) is 15.4. The Bertz CT molecular complexity index is 1190. The highest BCUT2D eigenvalue weighted by molar-refractivity contribution is 5.94. The molecule has 2 aromatic heterocycles. The van der Waals surface area contributed by atoms with Gasteiger partial charge in [-0.05, 0) is 41.5 Å². The lowest BCUT2D eigenvalue weighted by molar-refractivity contribution is 0.0910. The predicted molar refractivity (Wildman–Crippen MR) is 110 cm³/mol. The van der Waals surface area contributed by atoms with Crippen molar-refractivity contribution in [1.29, 1.82) is 0 Å². The zero-order chi connectivity index (χ0) is 19.6. The molecule has 6 heteroatoms. The maximum absolute atomic E-state index is 12.7. The van der Waals surface area contributed by atoms with Crippen LogP contribution < -0.4 is 10.1 Å². The second kappa shape index (κ2) is 7.31. The Labute approximate surface area is 167 Å². The van der Waals surface area contributed by atoms with E-state index in [0.717, 1.165) is 28.0 Å². The molecular formula is C23H18N4O2. The van der Waals surface area contributed by atoms with Crippen LogP contribution in [-0.2, 0) is 6.42 Å². The molecule has 0 radical (unpaired) electrons. The first-order valence-electron chi connectivity index (χ1n) is 9.46. The van der Waals surface area contributed by atoms with E-state index in [1.807, 2.05) is 48.5 Å². The van der Waals surface area contributed by atoms with Gasteiger partial charge in [0.2, 0.25) is 0 Å². The Morgan fingerprint density at radius 1 is 1.00 bits per heavy atom. The summed E-state index contributed by atoms with van der Waals surface area (Å²) in [6.07, 6.45) is 5.74. The fraction of sp³-hybridized carbons (Fsp3) is 0.130. The number of hydrogen-bond donors (Lipinski definition) is 1. The van der Waals surface area contributed by atoms with Crippen molar-refractivity contribution in [3.05, 3.63) is 84.4 Å². The van der Waals surface area contributed by atoms with Crippen molar-refractivity contribution in [3.63, 3.8) is 0 Å². The second-order valence-corrected chi connectivity index (χ2v) is 6.95. The molecule has 4 aromatic rings. The Kier molecular flexibility index (Phi) is 4.37. The lowest BCUT2D eigenvalue weighted by Crippen LogP contribution is -2.43. The molecule has 1 amide bonds. The van der Waals surface area contributed by atoms with E-state index in [1.54, 1.807) is 12.4 Å². The highest BCUT2D eigenvalue weighted by Gasteiger charge is 2.25. The van der Waals surface area contributed by atoms with E-state index in [4.69, 9.17) is 4.74 Å². The van der Waals surface area contributed by atoms with Crippen LogP contribution in [0.2, 0.25) is 0 Å². The Morgan fingerprint density at radius 3 is 2.69 bits per heavy atom. The monoisotopic (exact) mass is 382 g/mol. The number of aromatic nitrogens is 3. The molecule has 0 saturated carbocycles. The predicted octanol–water partition coefficient (Wildman–Crippen LogP) is 3.43. The molecule has 0 spiro atoms. The molecule has 0 aliphatic carbocycles. The summed E-state index contributed by atoms with van der Waals surface area (Å²) in [5.74, 6) is 0.608. The van der Waals surface area contributed by atoms with Gasteiger partial charge in [-0.1, -0.05) is 24.3 Å². The number of carbonyl (C=O) groups is 1. The van der Waals surface area contributed by atoms with E-state index >= 15 is 0 Å². The second-order valence-electron chi connectivity index (χ2n) is 6.95. The van der Waals surface area contributed by atoms with E-state index in [-0.39, 0.29) is 11.9 Å². The van der Waals surface area contributed by atoms with Gasteiger partial charge in [-0.2, -0.15) is 0 Å². The molecule has 142 valence electrons. The summed E-state index contributed by atoms with van der Waals surface area (Å²) in [6.45, 7) is 0.416. The number of nitrogens with zero attached hydrogens (tertiary/aromatic N) is 3. The molecule has 2 aromatic carbocycles. The van der Waals surface area contributed by atoms with Crippen LogP contribution in [0.25, 0.3) is 22.2 Å². The van der Waals surface area contributed by atoms with E-state index in [0.29, 0.717) is 24.2 Å². The van der Waals surface area contributed by atoms with Crippen LogP contribution in [0.5, 0.6) is 5.75 Å². The molecule has 1 atom stereocenters. The maximum Gasteiger partial charge on any atom is 0.271 e. The molecular weight excluding hydrogens is 364 g/mol. The fourth-order valence-electron chi connectivity index (χ4n) is 3.63. The number of pyridine rings is 1. The lowest BCUT2D eigenvalue weighted by Gasteiger charge is -2.27. The number of fused-ring (bicyclic) bond motifs is 2. The molecule has 5 rings (SSSR count). The molecule has 1 aliphatic rings. The van der Waals surface area contributed by atoms with Gasteiger partial charge in [-0.25, -0.2) is 4.98 Å². The average Bonchev–Trinajstić information content (AvgIpc) is 2.79. The summed E-state index contributed by atoms with van der Waals surface area (Å²) in [5.41, 5.74) is 5.02. The van der Waals surface area contributed by atoms with Crippen LogP contribution in [0.4, 0.5) is 0 Å². The summed E-state index contributed by atoms with van der Waals surface area (Å²) in [5, 5.41) is 3.04. The first kappa shape index (κ1) is 17.3. The van der Waals surface area contributed by atoms with E-state index < -0.39 is 0 Å². The molecule has 3 heterocycles. The van der Waals surface area contributed by atoms with Crippen LogP contribution in [0.1, 0.15) is 16.1 Å². The van der Waals surface area contributed by atoms with E-state index in [1.165, 1.54) is 6.20 Å². The largest absolute Gasteiger partial charge is 0.491 e. The van der Waals surface area contributed by atoms with E-state index in [2.05, 4.69) is 26.3 Å². The Morgan fingerprint density at radius 2 is 1.83 bits per heavy atom. The van der Waals surface area contributed by atoms with Crippen LogP contribution in [0, 0.1) is 0 Å². The lowest BCUT2D eigenvalue weighted by atomic mass is 9.93. The van der Waals surface area contributed by atoms with Gasteiger partial charge in [0.1, 0.15) is 18.1 Å². The zero-order valence-corrected chi connectivity index (χ0v) is 15.6. The molecule has 0 saturated heterocycles. The van der Waals surface area contributed by atoms with Crippen molar-refractivity contribution in [1.82, 2.24) is 20.3 Å². The topological polar surface area (TPSA) is 77.0 Å². The van der Waals surface area contributed by atoms with Gasteiger partial charge in [0.05, 0.1) is 23.3 Å². The fourth-order valence-corrected chi connectivity index (χ4v) is 3.63. The number of para-hydroxylation sites is 2. The third-order valence-electron chi connectivity index (χ3n) is 5.03. The number of ether oxygens (including phenoxy) is 1. The van der Waals surface area contributed by atoms with Crippen molar-refractivity contribution in [2.75, 3.05) is 6.61 Å². The molecule has 6 nitrogen and oxygen atoms in total. The van der Waals surface area contributed by atoms with Gasteiger partial charge in [0.25, 0.3) is 5.91 Å². The van der Waals surface area contributed by atoms with Crippen molar-refractivity contribution in [2.24, 2.45) is 0 Å². The minimum atomic E-state index is -0.248. The Balaban J connectivity index is 1.38. The first-order valence-corrected chi connectivity index (χ1v) is 9.46. The standard InChI is InChI=1S/C23H18N4O2/c28-23(21-13-25-19-5-1-2-6-20(19)27-21)26-16-12-18-17(15-8-10-24-11-9-15)4-3-7-22(18)29-14-16/h1-11,13,16H,12,14H2,(H,26,28)/t16-/m0/s1. The molecule has 1 N–H and O–H groups in total. The SMILES string of the molecule is O=C(N[C@@H]1COc2cccc(-c3ccncc3)c2C1)c1cnc2ccccc2n1. The van der Waals surface area contributed by atoms with Crippen molar-refractivity contribution in [2.45, 2.75) is 12.5 Å². The van der Waals surface area contributed by atoms with Gasteiger partial charge in [0, 0.05) is 24.4 Å². The van der Waals surface area contributed by atoms with Crippen molar-refractivity contribution in [3.8, 4) is 16.9 Å². The van der Waals surface area contributed by atoms with Crippen molar-refractivity contribution >= 4 is 16.9 Å². The number of benzene rings is 2. The summed E-state index contributed by atoms with van der Waals surface area (Å²) in [4.78, 5) is 25.6. The van der Waals surface area contributed by atoms with Crippen LogP contribution in [0.15, 0.2) is 73.2 Å². The van der Waals surface area contributed by atoms with Crippen molar-refractivity contribution < 1.29 is 9.53 Å². The zero-order valence-electron chi connectivity index (χ0n) is 15.6. The van der Waals surface area contributed by atoms with Crippen LogP contribution in [-0.4, -0.2) is 33.5 Å². The molecule has 0 bridgehead atoms. The average molecular weight is 382 g/mol. The molecule has 29 heavy (non-hydrogen) atoms. The minimum Gasteiger partial charge on any atom is -0.491 e. The molecule has 0 fully saturated rings. The number of nitrogens with one attached hydrogen (secondary N) is 1. The summed E-state index contributed by atoms with van der Waals surface area (Å²) in [7, 11) is 0. The van der Waals surface area contributed by atoms with Gasteiger partial charge < -0.3 is 10.1 Å².